The van der Waals surface area contributed by atoms with Crippen molar-refractivity contribution in [1.82, 2.24) is 0 Å². The first kappa shape index (κ1) is 15.7. The Morgan fingerprint density at radius 2 is 2.00 bits per heavy atom. The van der Waals surface area contributed by atoms with E-state index >= 15 is 0 Å². The van der Waals surface area contributed by atoms with Crippen LogP contribution in [-0.4, -0.2) is 17.5 Å². The Hall–Kier alpha value is -2.38. The molecule has 20 heavy (non-hydrogen) atoms. The number of ether oxygens (including phenoxy) is 1. The molecule has 8 heteroatoms. The highest BCUT2D eigenvalue weighted by molar-refractivity contribution is 5.93. The second kappa shape index (κ2) is 6.69. The maximum atomic E-state index is 13.5. The summed E-state index contributed by atoms with van der Waals surface area (Å²) in [5.41, 5.74) is -0.607. The van der Waals surface area contributed by atoms with Crippen molar-refractivity contribution in [2.24, 2.45) is 10.2 Å². The van der Waals surface area contributed by atoms with Crippen LogP contribution in [0.2, 0.25) is 0 Å². The number of aliphatic hydroxyl groups excluding tert-OH is 1. The highest BCUT2D eigenvalue weighted by atomic mass is 19.3. The third-order valence-electron chi connectivity index (χ3n) is 2.08. The van der Waals surface area contributed by atoms with Crippen molar-refractivity contribution in [3.63, 3.8) is 0 Å². The molecule has 0 aromatic heterocycles. The topological polar surface area (TPSA) is 71.2 Å². The van der Waals surface area contributed by atoms with Crippen molar-refractivity contribution >= 4 is 11.5 Å². The zero-order valence-corrected chi connectivity index (χ0v) is 10.6. The van der Waals surface area contributed by atoms with Gasteiger partial charge in [0.05, 0.1) is 0 Å². The van der Waals surface area contributed by atoms with E-state index in [2.05, 4.69) is 15.0 Å². The van der Waals surface area contributed by atoms with Crippen molar-refractivity contribution < 1.29 is 27.8 Å². The number of allylic oxidation sites excluding steroid dienone is 2. The van der Waals surface area contributed by atoms with E-state index in [4.69, 9.17) is 0 Å². The molecule has 108 valence electrons. The fraction of sp³-hybridized carbons (Fsp3) is 0.250. The molecule has 0 fully saturated rings. The number of hydrogen-bond acceptors (Lipinski definition) is 5. The first-order chi connectivity index (χ1) is 9.31. The van der Waals surface area contributed by atoms with Crippen LogP contribution >= 0.6 is 0 Å². The lowest BCUT2D eigenvalue weighted by Crippen LogP contribution is -2.01. The molecule has 0 aliphatic heterocycles. The molecule has 1 aromatic rings. The van der Waals surface area contributed by atoms with Crippen molar-refractivity contribution in [3.8, 4) is 5.75 Å². The number of benzene rings is 1. The molecule has 1 aromatic carbocycles. The number of aliphatic hydroxyl groups is 1. The number of ketones is 1. The van der Waals surface area contributed by atoms with Gasteiger partial charge in [0, 0.05) is 13.0 Å². The van der Waals surface area contributed by atoms with Gasteiger partial charge in [0.1, 0.15) is 17.2 Å². The Labute approximate surface area is 112 Å². The molecule has 1 N–H and O–H groups in total. The monoisotopic (exact) mass is 288 g/mol. The van der Waals surface area contributed by atoms with Crippen LogP contribution in [0.25, 0.3) is 0 Å². The van der Waals surface area contributed by atoms with Gasteiger partial charge in [0.25, 0.3) is 0 Å². The minimum absolute atomic E-state index is 0.286. The van der Waals surface area contributed by atoms with E-state index in [1.165, 1.54) is 6.92 Å². The summed E-state index contributed by atoms with van der Waals surface area (Å²) in [5.74, 6) is -2.23. The second-order valence-corrected chi connectivity index (χ2v) is 3.68. The van der Waals surface area contributed by atoms with E-state index in [0.717, 1.165) is 19.1 Å². The number of rotatable bonds is 5. The molecule has 0 amide bonds. The van der Waals surface area contributed by atoms with E-state index in [9.17, 15) is 23.1 Å². The Balaban J connectivity index is 2.99. The van der Waals surface area contributed by atoms with Gasteiger partial charge in [0.15, 0.2) is 17.3 Å². The first-order valence-electron chi connectivity index (χ1n) is 5.38. The second-order valence-electron chi connectivity index (χ2n) is 3.68. The van der Waals surface area contributed by atoms with E-state index in [0.29, 0.717) is 6.07 Å². The number of carbonyl (C=O) groups excluding carboxylic acids is 1. The Morgan fingerprint density at radius 3 is 2.45 bits per heavy atom. The number of azo groups is 1. The van der Waals surface area contributed by atoms with E-state index < -0.39 is 18.2 Å². The summed E-state index contributed by atoms with van der Waals surface area (Å²) < 4.78 is 41.4. The van der Waals surface area contributed by atoms with Crippen LogP contribution in [0.1, 0.15) is 13.8 Å². The van der Waals surface area contributed by atoms with Crippen LogP contribution in [-0.2, 0) is 4.79 Å². The average Bonchev–Trinajstić information content (AvgIpc) is 2.30. The number of halogens is 3. The number of nitrogens with zero attached hydrogens (tertiary/aromatic N) is 2. The highest BCUT2D eigenvalue weighted by Gasteiger charge is 2.10. The molecule has 0 unspecified atom stereocenters. The quantitative estimate of drug-likeness (QED) is 0.507. The highest BCUT2D eigenvalue weighted by Crippen LogP contribution is 2.25. The molecule has 0 aliphatic rings. The average molecular weight is 288 g/mol. The number of Topliss-reactive ketones (excluding diaryl/α,β-unsaturated/α-hetero) is 1. The van der Waals surface area contributed by atoms with Gasteiger partial charge in [-0.3, -0.25) is 4.79 Å². The van der Waals surface area contributed by atoms with E-state index in [-0.39, 0.29) is 22.9 Å². The number of carbonyl (C=O) groups is 1. The Morgan fingerprint density at radius 1 is 1.35 bits per heavy atom. The Bertz CT molecular complexity index is 567. The van der Waals surface area contributed by atoms with E-state index in [1.54, 1.807) is 0 Å². The molecular formula is C12H11F3N2O3. The van der Waals surface area contributed by atoms with Crippen LogP contribution in [0.3, 0.4) is 0 Å². The summed E-state index contributed by atoms with van der Waals surface area (Å²) in [7, 11) is 0. The molecule has 0 aliphatic carbocycles. The lowest BCUT2D eigenvalue weighted by Gasteiger charge is -2.04. The van der Waals surface area contributed by atoms with Gasteiger partial charge < -0.3 is 9.84 Å². The minimum Gasteiger partial charge on any atom is -0.510 e. The van der Waals surface area contributed by atoms with Gasteiger partial charge in [-0.1, -0.05) is 0 Å². The molecule has 5 nitrogen and oxygen atoms in total. The summed E-state index contributed by atoms with van der Waals surface area (Å²) in [6.07, 6.45) is 0. The van der Waals surface area contributed by atoms with Gasteiger partial charge in [0.2, 0.25) is 0 Å². The van der Waals surface area contributed by atoms with Gasteiger partial charge in [-0.25, -0.2) is 4.39 Å². The SMILES string of the molecule is CC(=O)/C(N=Nc1ccc(OC(F)F)cc1F)=C(/C)O. The lowest BCUT2D eigenvalue weighted by molar-refractivity contribution is -0.113. The predicted molar refractivity (Wildman–Crippen MR) is 63.6 cm³/mol. The third-order valence-corrected chi connectivity index (χ3v) is 2.08. The summed E-state index contributed by atoms with van der Waals surface area (Å²) in [6, 6.07) is 2.84. The fourth-order valence-corrected chi connectivity index (χ4v) is 1.25. The van der Waals surface area contributed by atoms with Crippen molar-refractivity contribution in [3.05, 3.63) is 35.5 Å². The maximum Gasteiger partial charge on any atom is 0.387 e. The predicted octanol–water partition coefficient (Wildman–Crippen LogP) is 3.89. The molecule has 0 atom stereocenters. The van der Waals surface area contributed by atoms with Gasteiger partial charge in [-0.15, -0.1) is 10.2 Å². The molecule has 0 bridgehead atoms. The normalized spacial score (nSPS) is 12.7. The maximum absolute atomic E-state index is 13.5. The zero-order valence-electron chi connectivity index (χ0n) is 10.6. The molecule has 0 spiro atoms. The van der Waals surface area contributed by atoms with Crippen molar-refractivity contribution in [2.45, 2.75) is 20.5 Å². The van der Waals surface area contributed by atoms with E-state index in [1.807, 2.05) is 0 Å². The van der Waals surface area contributed by atoms with Crippen LogP contribution in [0.15, 0.2) is 39.9 Å². The molecule has 1 rings (SSSR count). The van der Waals surface area contributed by atoms with Crippen LogP contribution in [0, 0.1) is 5.82 Å². The zero-order chi connectivity index (χ0) is 15.3. The van der Waals surface area contributed by atoms with Crippen molar-refractivity contribution in [1.29, 1.82) is 0 Å². The fourth-order valence-electron chi connectivity index (χ4n) is 1.25. The standard InChI is InChI=1S/C12H11F3N2O3/c1-6(18)11(7(2)19)17-16-10-4-3-8(5-9(10)13)20-12(14)15/h3-5,12,18H,1-2H3/b11-6+,17-16?. The molecular weight excluding hydrogens is 277 g/mol. The summed E-state index contributed by atoms with van der Waals surface area (Å²) >= 11 is 0. The van der Waals surface area contributed by atoms with Crippen molar-refractivity contribution in [2.75, 3.05) is 0 Å². The first-order valence-corrected chi connectivity index (χ1v) is 5.38. The molecule has 0 heterocycles. The summed E-state index contributed by atoms with van der Waals surface area (Å²) in [4.78, 5) is 11.1. The third kappa shape index (κ3) is 4.38. The van der Waals surface area contributed by atoms with Crippen LogP contribution < -0.4 is 4.74 Å². The molecule has 0 saturated carbocycles. The Kier molecular flexibility index (Phi) is 5.24. The van der Waals surface area contributed by atoms with Gasteiger partial charge >= 0.3 is 6.61 Å². The summed E-state index contributed by atoms with van der Waals surface area (Å²) in [5, 5.41) is 16.0. The summed E-state index contributed by atoms with van der Waals surface area (Å²) in [6.45, 7) is -0.679. The minimum atomic E-state index is -3.06. The largest absolute Gasteiger partial charge is 0.510 e. The lowest BCUT2D eigenvalue weighted by atomic mass is 10.3. The number of hydrogen-bond donors (Lipinski definition) is 1. The molecule has 0 radical (unpaired) electrons. The number of alkyl halides is 2. The molecule has 0 saturated heterocycles. The van der Waals surface area contributed by atoms with Crippen LogP contribution in [0.5, 0.6) is 5.75 Å². The smallest absolute Gasteiger partial charge is 0.387 e. The van der Waals surface area contributed by atoms with Crippen LogP contribution in [0.4, 0.5) is 18.9 Å². The van der Waals surface area contributed by atoms with Gasteiger partial charge in [-0.2, -0.15) is 8.78 Å². The van der Waals surface area contributed by atoms with Gasteiger partial charge in [-0.05, 0) is 19.1 Å².